The fraction of sp³-hybridized carbons (Fsp3) is 0.471. The predicted molar refractivity (Wildman–Crippen MR) is 80.7 cm³/mol. The molecular weight excluding hydrogens is 268 g/mol. The van der Waals surface area contributed by atoms with Crippen LogP contribution in [0, 0.1) is 0 Å². The fourth-order valence-corrected chi connectivity index (χ4v) is 2.65. The molecule has 21 heavy (non-hydrogen) atoms. The molecule has 3 atom stereocenters. The topological polar surface area (TPSA) is 70.1 Å². The molecule has 0 unspecified atom stereocenters. The Bertz CT molecular complexity index is 549. The van der Waals surface area contributed by atoms with Crippen molar-refractivity contribution in [1.82, 2.24) is 0 Å². The quantitative estimate of drug-likeness (QED) is 0.460. The summed E-state index contributed by atoms with van der Waals surface area (Å²) < 4.78 is 5.56. The first-order valence-electron chi connectivity index (χ1n) is 7.15. The summed E-state index contributed by atoms with van der Waals surface area (Å²) in [7, 11) is 0. The molecule has 1 aliphatic heterocycles. The monoisotopic (exact) mass is 290 g/mol. The molecule has 0 spiro atoms. The molecule has 0 aromatic heterocycles. The largest absolute Gasteiger partial charge is 0.392 e. The zero-order valence-corrected chi connectivity index (χ0v) is 12.7. The number of rotatable bonds is 5. The molecule has 0 radical (unpaired) electrons. The van der Waals surface area contributed by atoms with E-state index in [0.717, 1.165) is 5.57 Å². The highest BCUT2D eigenvalue weighted by Gasteiger charge is 2.67. The molecule has 0 saturated carbocycles. The standard InChI is InChI=1S/C17H22O4/c1-4-5-6-7-12-13(10-18)14(19)16-17(21-16,15(12)20)9-8-11(2)3/h4-8,14,16,18-19H,9-10H2,1-3H3/b5-4+,7-6+/t14-,16+,17-/m1/s1. The first kappa shape index (κ1) is 15.9. The van der Waals surface area contributed by atoms with Crippen LogP contribution < -0.4 is 0 Å². The molecule has 1 aliphatic carbocycles. The van der Waals surface area contributed by atoms with Gasteiger partial charge in [0.1, 0.15) is 12.2 Å². The zero-order valence-electron chi connectivity index (χ0n) is 12.7. The minimum Gasteiger partial charge on any atom is -0.392 e. The van der Waals surface area contributed by atoms with Gasteiger partial charge in [-0.2, -0.15) is 0 Å². The second-order valence-electron chi connectivity index (χ2n) is 5.67. The molecule has 0 aromatic carbocycles. The molecule has 1 saturated heterocycles. The van der Waals surface area contributed by atoms with Gasteiger partial charge >= 0.3 is 0 Å². The number of allylic oxidation sites excluding steroid dienone is 5. The lowest BCUT2D eigenvalue weighted by atomic mass is 9.79. The Balaban J connectivity index is 2.36. The number of carbonyl (C=O) groups excluding carboxylic acids is 1. The van der Waals surface area contributed by atoms with Gasteiger partial charge in [-0.3, -0.25) is 4.79 Å². The molecule has 0 amide bonds. The number of hydrogen-bond acceptors (Lipinski definition) is 4. The Morgan fingerprint density at radius 3 is 2.67 bits per heavy atom. The Labute approximate surface area is 125 Å². The maximum Gasteiger partial charge on any atom is 0.197 e. The molecule has 114 valence electrons. The zero-order chi connectivity index (χ0) is 15.6. The summed E-state index contributed by atoms with van der Waals surface area (Å²) in [5.74, 6) is -0.153. The van der Waals surface area contributed by atoms with Crippen LogP contribution in [0.4, 0.5) is 0 Å². The van der Waals surface area contributed by atoms with Crippen LogP contribution in [0.15, 0.2) is 47.1 Å². The van der Waals surface area contributed by atoms with Crippen molar-refractivity contribution in [2.24, 2.45) is 0 Å². The minimum atomic E-state index is -0.953. The number of aliphatic hydroxyl groups is 2. The first-order chi connectivity index (χ1) is 9.97. The highest BCUT2D eigenvalue weighted by Crippen LogP contribution is 2.50. The Kier molecular flexibility index (Phi) is 4.61. The normalized spacial score (nSPS) is 32.0. The van der Waals surface area contributed by atoms with Gasteiger partial charge in [-0.1, -0.05) is 36.0 Å². The van der Waals surface area contributed by atoms with Crippen molar-refractivity contribution in [2.75, 3.05) is 6.61 Å². The van der Waals surface area contributed by atoms with E-state index in [0.29, 0.717) is 17.6 Å². The average molecular weight is 290 g/mol. The van der Waals surface area contributed by atoms with Crippen molar-refractivity contribution in [3.8, 4) is 0 Å². The molecule has 2 N–H and O–H groups in total. The highest BCUT2D eigenvalue weighted by molar-refractivity contribution is 6.08. The van der Waals surface area contributed by atoms with E-state index in [1.54, 1.807) is 18.2 Å². The first-order valence-corrected chi connectivity index (χ1v) is 7.15. The van der Waals surface area contributed by atoms with Crippen LogP contribution in [0.2, 0.25) is 0 Å². The van der Waals surface area contributed by atoms with Crippen LogP contribution in [0.1, 0.15) is 27.2 Å². The molecular formula is C17H22O4. The smallest absolute Gasteiger partial charge is 0.197 e. The van der Waals surface area contributed by atoms with Gasteiger partial charge in [0.25, 0.3) is 0 Å². The minimum absolute atomic E-state index is 0.153. The maximum absolute atomic E-state index is 12.7. The number of ketones is 1. The summed E-state index contributed by atoms with van der Waals surface area (Å²) in [5, 5.41) is 19.7. The van der Waals surface area contributed by atoms with E-state index >= 15 is 0 Å². The van der Waals surface area contributed by atoms with Gasteiger partial charge in [-0.15, -0.1) is 0 Å². The van der Waals surface area contributed by atoms with Gasteiger partial charge in [0.2, 0.25) is 0 Å². The van der Waals surface area contributed by atoms with Gasteiger partial charge in [-0.05, 0) is 26.3 Å². The van der Waals surface area contributed by atoms with Crippen molar-refractivity contribution < 1.29 is 19.7 Å². The van der Waals surface area contributed by atoms with Crippen LogP contribution in [-0.4, -0.2) is 40.4 Å². The summed E-state index contributed by atoms with van der Waals surface area (Å²) in [6, 6.07) is 0. The van der Waals surface area contributed by atoms with E-state index in [2.05, 4.69) is 0 Å². The van der Waals surface area contributed by atoms with Crippen LogP contribution in [0.3, 0.4) is 0 Å². The van der Waals surface area contributed by atoms with E-state index in [9.17, 15) is 15.0 Å². The third kappa shape index (κ3) is 2.79. The van der Waals surface area contributed by atoms with Crippen LogP contribution in [0.5, 0.6) is 0 Å². The summed E-state index contributed by atoms with van der Waals surface area (Å²) in [6.45, 7) is 5.44. The third-order valence-corrected chi connectivity index (χ3v) is 3.91. The molecule has 4 nitrogen and oxygen atoms in total. The van der Waals surface area contributed by atoms with Crippen molar-refractivity contribution in [2.45, 2.75) is 45.0 Å². The van der Waals surface area contributed by atoms with Crippen molar-refractivity contribution in [3.05, 3.63) is 47.1 Å². The molecule has 1 fully saturated rings. The molecule has 0 aromatic rings. The summed E-state index contributed by atoms with van der Waals surface area (Å²) in [6.07, 6.45) is 7.94. The lowest BCUT2D eigenvalue weighted by molar-refractivity contribution is -0.120. The molecule has 2 aliphatic rings. The number of Topliss-reactive ketones (excluding diaryl/α,β-unsaturated/α-hetero) is 1. The molecule has 0 bridgehead atoms. The second kappa shape index (κ2) is 6.10. The van der Waals surface area contributed by atoms with Crippen molar-refractivity contribution >= 4 is 5.78 Å². The fourth-order valence-electron chi connectivity index (χ4n) is 2.65. The summed E-state index contributed by atoms with van der Waals surface area (Å²) >= 11 is 0. The maximum atomic E-state index is 12.7. The highest BCUT2D eigenvalue weighted by atomic mass is 16.6. The van der Waals surface area contributed by atoms with E-state index in [-0.39, 0.29) is 12.4 Å². The number of carbonyl (C=O) groups is 1. The molecule has 2 rings (SSSR count). The lowest BCUT2D eigenvalue weighted by Crippen LogP contribution is -2.40. The van der Waals surface area contributed by atoms with Gasteiger partial charge in [0, 0.05) is 12.0 Å². The molecule has 1 heterocycles. The number of fused-ring (bicyclic) bond motifs is 1. The van der Waals surface area contributed by atoms with Gasteiger partial charge in [0.05, 0.1) is 6.61 Å². The SMILES string of the molecule is C/C=C/C=C/C1=C(CO)[C@@H](O)[C@@H]2O[C@]2(CC=C(C)C)C1=O. The number of ether oxygens (including phenoxy) is 1. The van der Waals surface area contributed by atoms with Gasteiger partial charge in [-0.25, -0.2) is 0 Å². The van der Waals surface area contributed by atoms with Crippen LogP contribution in [-0.2, 0) is 9.53 Å². The summed E-state index contributed by atoms with van der Waals surface area (Å²) in [5.41, 5.74) is 0.851. The van der Waals surface area contributed by atoms with Gasteiger partial charge in [0.15, 0.2) is 11.4 Å². The number of aliphatic hydroxyl groups excluding tert-OH is 2. The van der Waals surface area contributed by atoms with E-state index in [1.807, 2.05) is 32.9 Å². The number of hydrogen-bond donors (Lipinski definition) is 2. The average Bonchev–Trinajstić information content (AvgIpc) is 3.19. The van der Waals surface area contributed by atoms with E-state index in [4.69, 9.17) is 4.74 Å². The Morgan fingerprint density at radius 1 is 1.38 bits per heavy atom. The second-order valence-corrected chi connectivity index (χ2v) is 5.67. The summed E-state index contributed by atoms with van der Waals surface area (Å²) in [4.78, 5) is 12.7. The Hall–Kier alpha value is -1.49. The van der Waals surface area contributed by atoms with E-state index < -0.39 is 17.8 Å². The van der Waals surface area contributed by atoms with Crippen LogP contribution >= 0.6 is 0 Å². The Morgan fingerprint density at radius 2 is 2.10 bits per heavy atom. The molecule has 4 heteroatoms. The number of epoxide rings is 1. The predicted octanol–water partition coefficient (Wildman–Crippen LogP) is 1.85. The van der Waals surface area contributed by atoms with Crippen LogP contribution in [0.25, 0.3) is 0 Å². The van der Waals surface area contributed by atoms with Crippen molar-refractivity contribution in [1.29, 1.82) is 0 Å². The lowest BCUT2D eigenvalue weighted by Gasteiger charge is -2.23. The van der Waals surface area contributed by atoms with Crippen molar-refractivity contribution in [3.63, 3.8) is 0 Å². The van der Waals surface area contributed by atoms with E-state index in [1.165, 1.54) is 0 Å². The van der Waals surface area contributed by atoms with Gasteiger partial charge < -0.3 is 14.9 Å². The third-order valence-electron chi connectivity index (χ3n) is 3.91.